The number of halogens is 2. The molecule has 2 atom stereocenters. The van der Waals surface area contributed by atoms with Gasteiger partial charge in [-0.2, -0.15) is 0 Å². The normalized spacial score (nSPS) is 12.9. The van der Waals surface area contributed by atoms with Gasteiger partial charge in [-0.05, 0) is 51.0 Å². The second-order valence-electron chi connectivity index (χ2n) is 8.86. The largest absolute Gasteiger partial charge is 0.497 e. The molecule has 0 radical (unpaired) electrons. The Hall–Kier alpha value is -2.49. The molecule has 2 amide bonds. The molecule has 0 unspecified atom stereocenters. The lowest BCUT2D eigenvalue weighted by Gasteiger charge is -2.30. The van der Waals surface area contributed by atoms with Crippen LogP contribution >= 0.6 is 23.2 Å². The Bertz CT molecular complexity index is 1170. The van der Waals surface area contributed by atoms with Gasteiger partial charge in [-0.3, -0.25) is 13.9 Å². The van der Waals surface area contributed by atoms with Crippen molar-refractivity contribution in [1.82, 2.24) is 10.2 Å². The van der Waals surface area contributed by atoms with E-state index < -0.39 is 16.1 Å². The van der Waals surface area contributed by atoms with E-state index in [-0.39, 0.29) is 43.8 Å². The van der Waals surface area contributed by atoms with Gasteiger partial charge in [0.15, 0.2) is 0 Å². The number of nitrogens with one attached hydrogen (secondary N) is 1. The molecule has 8 nitrogen and oxygen atoms in total. The molecule has 204 valence electrons. The van der Waals surface area contributed by atoms with Gasteiger partial charge >= 0.3 is 0 Å². The molecule has 0 saturated carbocycles. The highest BCUT2D eigenvalue weighted by molar-refractivity contribution is 7.92. The third-order valence-electron chi connectivity index (χ3n) is 6.05. The molecule has 2 rings (SSSR count). The van der Waals surface area contributed by atoms with Crippen LogP contribution in [-0.2, 0) is 26.2 Å². The molecule has 0 aliphatic rings. The fourth-order valence-electron chi connectivity index (χ4n) is 3.67. The fourth-order valence-corrected chi connectivity index (χ4v) is 5.15. The summed E-state index contributed by atoms with van der Waals surface area (Å²) in [6.45, 7) is 5.61. The number of anilines is 1. The summed E-state index contributed by atoms with van der Waals surface area (Å²) in [6, 6.07) is 10.9. The standard InChI is InChI=1S/C26H35Cl2N3O5S/c1-6-18(2)29-26(33)19(3)30(17-22-23(27)12-8-13-24(22)28)25(32)14-9-15-31(37(5,34)35)20-10-7-11-21(16-20)36-4/h7-8,10-13,16,18-19H,6,9,14-15,17H2,1-5H3,(H,29,33)/t18-,19-/m1/s1. The molecule has 2 aromatic rings. The second kappa shape index (κ2) is 13.9. The Balaban J connectivity index is 2.24. The van der Waals surface area contributed by atoms with Crippen LogP contribution in [0.4, 0.5) is 5.69 Å². The van der Waals surface area contributed by atoms with E-state index in [1.165, 1.54) is 16.3 Å². The van der Waals surface area contributed by atoms with Crippen LogP contribution in [0, 0.1) is 0 Å². The van der Waals surface area contributed by atoms with E-state index in [1.54, 1.807) is 49.4 Å². The second-order valence-corrected chi connectivity index (χ2v) is 11.6. The minimum atomic E-state index is -3.61. The predicted octanol–water partition coefficient (Wildman–Crippen LogP) is 4.88. The van der Waals surface area contributed by atoms with Crippen LogP contribution < -0.4 is 14.4 Å². The number of sulfonamides is 1. The highest BCUT2D eigenvalue weighted by Crippen LogP contribution is 2.27. The lowest BCUT2D eigenvalue weighted by atomic mass is 10.1. The average Bonchev–Trinajstić information content (AvgIpc) is 2.85. The Morgan fingerprint density at radius 2 is 1.70 bits per heavy atom. The van der Waals surface area contributed by atoms with Crippen molar-refractivity contribution in [3.05, 3.63) is 58.1 Å². The minimum Gasteiger partial charge on any atom is -0.497 e. The first-order chi connectivity index (χ1) is 17.4. The van der Waals surface area contributed by atoms with Gasteiger partial charge < -0.3 is 15.0 Å². The first-order valence-corrected chi connectivity index (χ1v) is 14.6. The number of nitrogens with zero attached hydrogens (tertiary/aromatic N) is 2. The van der Waals surface area contributed by atoms with Crippen LogP contribution in [-0.4, -0.2) is 57.1 Å². The van der Waals surface area contributed by atoms with E-state index in [2.05, 4.69) is 5.32 Å². The lowest BCUT2D eigenvalue weighted by Crippen LogP contribution is -2.49. The predicted molar refractivity (Wildman–Crippen MR) is 149 cm³/mol. The summed E-state index contributed by atoms with van der Waals surface area (Å²) in [5, 5.41) is 3.69. The van der Waals surface area contributed by atoms with Crippen LogP contribution in [0.3, 0.4) is 0 Å². The summed E-state index contributed by atoms with van der Waals surface area (Å²) in [7, 11) is -2.11. The van der Waals surface area contributed by atoms with E-state index in [0.717, 1.165) is 12.7 Å². The minimum absolute atomic E-state index is 0.0129. The van der Waals surface area contributed by atoms with Gasteiger partial charge in [0.05, 0.1) is 19.1 Å². The van der Waals surface area contributed by atoms with Crippen molar-refractivity contribution in [3.8, 4) is 5.75 Å². The molecular weight excluding hydrogens is 537 g/mol. The molecule has 0 bridgehead atoms. The molecule has 0 heterocycles. The SMILES string of the molecule is CC[C@@H](C)NC(=O)[C@@H](C)N(Cc1c(Cl)cccc1Cl)C(=O)CCCN(c1cccc(OC)c1)S(C)(=O)=O. The van der Waals surface area contributed by atoms with Gasteiger partial charge in [0.2, 0.25) is 21.8 Å². The maximum absolute atomic E-state index is 13.4. The summed E-state index contributed by atoms with van der Waals surface area (Å²) in [5.41, 5.74) is 0.979. The molecule has 0 aliphatic heterocycles. The highest BCUT2D eigenvalue weighted by atomic mass is 35.5. The topological polar surface area (TPSA) is 96.0 Å². The smallest absolute Gasteiger partial charge is 0.242 e. The molecule has 11 heteroatoms. The third kappa shape index (κ3) is 8.79. The van der Waals surface area contributed by atoms with Gasteiger partial charge in [-0.15, -0.1) is 0 Å². The molecule has 0 aromatic heterocycles. The molecular formula is C26H35Cl2N3O5S. The van der Waals surface area contributed by atoms with Gasteiger partial charge in [-0.25, -0.2) is 8.42 Å². The Kier molecular flexibility index (Phi) is 11.5. The zero-order chi connectivity index (χ0) is 27.8. The number of hydrogen-bond donors (Lipinski definition) is 1. The van der Waals surface area contributed by atoms with E-state index in [4.69, 9.17) is 27.9 Å². The zero-order valence-corrected chi connectivity index (χ0v) is 24.2. The molecule has 0 aliphatic carbocycles. The summed E-state index contributed by atoms with van der Waals surface area (Å²) < 4.78 is 31.4. The summed E-state index contributed by atoms with van der Waals surface area (Å²) in [5.74, 6) is -0.0898. The Morgan fingerprint density at radius 1 is 1.08 bits per heavy atom. The summed E-state index contributed by atoms with van der Waals surface area (Å²) >= 11 is 12.7. The van der Waals surface area contributed by atoms with E-state index >= 15 is 0 Å². The quantitative estimate of drug-likeness (QED) is 0.369. The maximum Gasteiger partial charge on any atom is 0.242 e. The Labute approximate surface area is 229 Å². The first kappa shape index (κ1) is 30.7. The number of hydrogen-bond acceptors (Lipinski definition) is 5. The molecule has 0 spiro atoms. The van der Waals surface area contributed by atoms with Crippen molar-refractivity contribution in [2.24, 2.45) is 0 Å². The van der Waals surface area contributed by atoms with Gasteiger partial charge in [0.1, 0.15) is 11.8 Å². The number of ether oxygens (including phenoxy) is 1. The molecule has 1 N–H and O–H groups in total. The van der Waals surface area contributed by atoms with Crippen molar-refractivity contribution in [1.29, 1.82) is 0 Å². The number of methoxy groups -OCH3 is 1. The maximum atomic E-state index is 13.4. The van der Waals surface area contributed by atoms with Crippen molar-refractivity contribution < 1.29 is 22.7 Å². The van der Waals surface area contributed by atoms with Crippen LogP contribution in [0.5, 0.6) is 5.75 Å². The summed E-state index contributed by atoms with van der Waals surface area (Å²) in [4.78, 5) is 27.7. The summed E-state index contributed by atoms with van der Waals surface area (Å²) in [6.07, 6.45) is 2.10. The monoisotopic (exact) mass is 571 g/mol. The molecule has 0 saturated heterocycles. The zero-order valence-electron chi connectivity index (χ0n) is 21.8. The van der Waals surface area contributed by atoms with Crippen molar-refractivity contribution >= 4 is 50.7 Å². The lowest BCUT2D eigenvalue weighted by molar-refractivity contribution is -0.140. The Morgan fingerprint density at radius 3 is 2.27 bits per heavy atom. The van der Waals surface area contributed by atoms with Crippen LogP contribution in [0.1, 0.15) is 45.6 Å². The molecule has 2 aromatic carbocycles. The van der Waals surface area contributed by atoms with E-state index in [0.29, 0.717) is 27.0 Å². The number of carbonyl (C=O) groups excluding carboxylic acids is 2. The highest BCUT2D eigenvalue weighted by Gasteiger charge is 2.28. The van der Waals surface area contributed by atoms with Gasteiger partial charge in [0.25, 0.3) is 0 Å². The van der Waals surface area contributed by atoms with E-state index in [1.807, 2.05) is 13.8 Å². The van der Waals surface area contributed by atoms with Crippen molar-refractivity contribution in [2.45, 2.75) is 58.7 Å². The van der Waals surface area contributed by atoms with Gasteiger partial charge in [-0.1, -0.05) is 42.3 Å². The van der Waals surface area contributed by atoms with Gasteiger partial charge in [0, 0.05) is 47.2 Å². The van der Waals surface area contributed by atoms with Crippen molar-refractivity contribution in [3.63, 3.8) is 0 Å². The number of benzene rings is 2. The molecule has 37 heavy (non-hydrogen) atoms. The third-order valence-corrected chi connectivity index (χ3v) is 7.95. The average molecular weight is 573 g/mol. The van der Waals surface area contributed by atoms with Crippen LogP contribution in [0.2, 0.25) is 10.0 Å². The van der Waals surface area contributed by atoms with Crippen molar-refractivity contribution in [2.75, 3.05) is 24.2 Å². The van der Waals surface area contributed by atoms with Crippen LogP contribution in [0.15, 0.2) is 42.5 Å². The van der Waals surface area contributed by atoms with Crippen LogP contribution in [0.25, 0.3) is 0 Å². The number of rotatable bonds is 13. The fraction of sp³-hybridized carbons (Fsp3) is 0.462. The van der Waals surface area contributed by atoms with E-state index in [9.17, 15) is 18.0 Å². The number of amides is 2. The number of carbonyl (C=O) groups is 2. The first-order valence-electron chi connectivity index (χ1n) is 12.0. The molecule has 0 fully saturated rings.